The van der Waals surface area contributed by atoms with Crippen LogP contribution in [0.4, 0.5) is 0 Å². The summed E-state index contributed by atoms with van der Waals surface area (Å²) in [7, 11) is 0. The van der Waals surface area contributed by atoms with Crippen molar-refractivity contribution in [2.24, 2.45) is 46.3 Å². The first-order valence-electron chi connectivity index (χ1n) is 13.2. The highest BCUT2D eigenvalue weighted by Gasteiger charge is 2.60. The van der Waals surface area contributed by atoms with E-state index in [2.05, 4.69) is 41.2 Å². The van der Waals surface area contributed by atoms with Crippen LogP contribution in [0.5, 0.6) is 0 Å². The molecule has 2 heteroatoms. The van der Waals surface area contributed by atoms with Crippen LogP contribution in [0.1, 0.15) is 98.8 Å². The summed E-state index contributed by atoms with van der Waals surface area (Å²) >= 11 is 0. The van der Waals surface area contributed by atoms with Gasteiger partial charge in [0.25, 0.3) is 0 Å². The van der Waals surface area contributed by atoms with Crippen molar-refractivity contribution in [3.05, 3.63) is 23.8 Å². The standard InChI is InChI=1S/C29H46O2/c1-7-20(18(2)3)9-8-19(4)23-10-11-24-22-17-27(31)26-16-21(30)12-14-29(26,6)25(22)13-15-28(23,24)5/h16,19-20,22-25,27,31H,2,7-15,17H2,1,3-6H3/t19-,20-,22+,23-,24+,25+,27?,28-,29-/m1/s1. The van der Waals surface area contributed by atoms with Gasteiger partial charge in [-0.05, 0) is 123 Å². The molecule has 31 heavy (non-hydrogen) atoms. The van der Waals surface area contributed by atoms with Crippen molar-refractivity contribution in [3.63, 3.8) is 0 Å². The van der Waals surface area contributed by atoms with Crippen molar-refractivity contribution in [2.45, 2.75) is 105 Å². The first kappa shape index (κ1) is 23.3. The fraction of sp³-hybridized carbons (Fsp3) is 0.828. The van der Waals surface area contributed by atoms with Gasteiger partial charge in [0.2, 0.25) is 0 Å². The minimum Gasteiger partial charge on any atom is -0.389 e. The SMILES string of the molecule is C=C(C)[C@H](CC)CC[C@@H](C)[C@H]1CC[C@H]2[C@@H]3CC(O)C4=CC(=O)CC[C@]4(C)[C@H]3CC[C@]12C. The van der Waals surface area contributed by atoms with Crippen LogP contribution in [0.15, 0.2) is 23.8 Å². The third-order valence-electron chi connectivity index (χ3n) is 10.9. The van der Waals surface area contributed by atoms with Gasteiger partial charge in [0.05, 0.1) is 6.10 Å². The van der Waals surface area contributed by atoms with Crippen LogP contribution in [-0.2, 0) is 4.79 Å². The summed E-state index contributed by atoms with van der Waals surface area (Å²) in [6.45, 7) is 16.2. The molecule has 0 aromatic carbocycles. The zero-order valence-corrected chi connectivity index (χ0v) is 20.8. The Balaban J connectivity index is 1.51. The zero-order valence-electron chi connectivity index (χ0n) is 20.8. The lowest BCUT2D eigenvalue weighted by Crippen LogP contribution is -2.54. The summed E-state index contributed by atoms with van der Waals surface area (Å²) in [5.74, 6) is 4.50. The van der Waals surface area contributed by atoms with Crippen molar-refractivity contribution in [3.8, 4) is 0 Å². The maximum absolute atomic E-state index is 12.1. The van der Waals surface area contributed by atoms with E-state index in [4.69, 9.17) is 0 Å². The van der Waals surface area contributed by atoms with Gasteiger partial charge < -0.3 is 5.11 Å². The van der Waals surface area contributed by atoms with Crippen LogP contribution in [-0.4, -0.2) is 17.0 Å². The third kappa shape index (κ3) is 3.79. The highest BCUT2D eigenvalue weighted by Crippen LogP contribution is 2.67. The Kier molecular flexibility index (Phi) is 6.36. The van der Waals surface area contributed by atoms with Gasteiger partial charge in [-0.1, -0.05) is 39.8 Å². The number of carbonyl (C=O) groups excluding carboxylic acids is 1. The molecule has 0 radical (unpaired) electrons. The molecule has 4 rings (SSSR count). The number of aliphatic hydroxyl groups is 1. The number of rotatable bonds is 6. The molecule has 4 aliphatic rings. The van der Waals surface area contributed by atoms with Crippen molar-refractivity contribution in [2.75, 3.05) is 0 Å². The Morgan fingerprint density at radius 1 is 1.19 bits per heavy atom. The highest BCUT2D eigenvalue weighted by molar-refractivity contribution is 5.91. The molecule has 0 aromatic heterocycles. The third-order valence-corrected chi connectivity index (χ3v) is 10.9. The van der Waals surface area contributed by atoms with E-state index in [1.165, 1.54) is 50.5 Å². The number of fused-ring (bicyclic) bond motifs is 5. The lowest BCUT2D eigenvalue weighted by atomic mass is 9.46. The monoisotopic (exact) mass is 426 g/mol. The summed E-state index contributed by atoms with van der Waals surface area (Å²) in [6, 6.07) is 0. The molecule has 0 aromatic rings. The Hall–Kier alpha value is -0.890. The van der Waals surface area contributed by atoms with E-state index < -0.39 is 6.10 Å². The quantitative estimate of drug-likeness (QED) is 0.459. The number of hydrogen-bond acceptors (Lipinski definition) is 2. The molecule has 4 aliphatic carbocycles. The van der Waals surface area contributed by atoms with Crippen molar-refractivity contribution in [1.82, 2.24) is 0 Å². The van der Waals surface area contributed by atoms with Gasteiger partial charge in [0.15, 0.2) is 5.78 Å². The van der Waals surface area contributed by atoms with Crippen molar-refractivity contribution in [1.29, 1.82) is 0 Å². The van der Waals surface area contributed by atoms with Crippen LogP contribution >= 0.6 is 0 Å². The fourth-order valence-electron chi connectivity index (χ4n) is 9.05. The second-order valence-corrected chi connectivity index (χ2v) is 12.3. The molecule has 2 nitrogen and oxygen atoms in total. The number of aliphatic hydroxyl groups excluding tert-OH is 1. The molecule has 1 N–H and O–H groups in total. The van der Waals surface area contributed by atoms with E-state index in [-0.39, 0.29) is 11.2 Å². The van der Waals surface area contributed by atoms with Crippen molar-refractivity contribution < 1.29 is 9.90 Å². The van der Waals surface area contributed by atoms with Gasteiger partial charge in [-0.15, -0.1) is 0 Å². The normalized spacial score (nSPS) is 44.0. The molecule has 9 atom stereocenters. The highest BCUT2D eigenvalue weighted by atomic mass is 16.3. The Labute approximate surface area is 191 Å². The lowest BCUT2D eigenvalue weighted by Gasteiger charge is -2.59. The second kappa shape index (κ2) is 8.47. The number of carbonyl (C=O) groups is 1. The second-order valence-electron chi connectivity index (χ2n) is 12.3. The van der Waals surface area contributed by atoms with Crippen LogP contribution in [0, 0.1) is 46.3 Å². The van der Waals surface area contributed by atoms with E-state index >= 15 is 0 Å². The Bertz CT molecular complexity index is 750. The minimum absolute atomic E-state index is 0.0388. The topological polar surface area (TPSA) is 37.3 Å². The molecular weight excluding hydrogens is 380 g/mol. The predicted molar refractivity (Wildman–Crippen MR) is 129 cm³/mol. The van der Waals surface area contributed by atoms with Gasteiger partial charge in [0, 0.05) is 6.42 Å². The summed E-state index contributed by atoms with van der Waals surface area (Å²) in [4.78, 5) is 12.1. The van der Waals surface area contributed by atoms with E-state index in [0.29, 0.717) is 29.6 Å². The zero-order chi connectivity index (χ0) is 22.6. The summed E-state index contributed by atoms with van der Waals surface area (Å²) in [5, 5.41) is 11.1. The first-order valence-corrected chi connectivity index (χ1v) is 13.2. The minimum atomic E-state index is -0.407. The van der Waals surface area contributed by atoms with Gasteiger partial charge in [0.1, 0.15) is 0 Å². The Morgan fingerprint density at radius 2 is 1.94 bits per heavy atom. The van der Waals surface area contributed by atoms with Gasteiger partial charge in [-0.2, -0.15) is 0 Å². The van der Waals surface area contributed by atoms with Crippen LogP contribution < -0.4 is 0 Å². The number of hydrogen-bond donors (Lipinski definition) is 1. The molecule has 3 saturated carbocycles. The summed E-state index contributed by atoms with van der Waals surface area (Å²) in [6.07, 6.45) is 13.0. The Morgan fingerprint density at radius 3 is 2.61 bits per heavy atom. The fourth-order valence-corrected chi connectivity index (χ4v) is 9.05. The molecule has 0 spiro atoms. The molecule has 3 fully saturated rings. The molecular formula is C29H46O2. The molecule has 0 heterocycles. The van der Waals surface area contributed by atoms with E-state index in [0.717, 1.165) is 36.2 Å². The predicted octanol–water partition coefficient (Wildman–Crippen LogP) is 7.12. The maximum atomic E-state index is 12.1. The van der Waals surface area contributed by atoms with E-state index in [1.54, 1.807) is 0 Å². The molecule has 0 saturated heterocycles. The molecule has 1 unspecified atom stereocenters. The first-order chi connectivity index (χ1) is 14.6. The largest absolute Gasteiger partial charge is 0.389 e. The van der Waals surface area contributed by atoms with Crippen LogP contribution in [0.25, 0.3) is 0 Å². The molecule has 0 aliphatic heterocycles. The maximum Gasteiger partial charge on any atom is 0.155 e. The van der Waals surface area contributed by atoms with E-state index in [9.17, 15) is 9.90 Å². The lowest BCUT2D eigenvalue weighted by molar-refractivity contribution is -0.119. The average molecular weight is 427 g/mol. The number of ketones is 1. The molecule has 0 amide bonds. The van der Waals surface area contributed by atoms with Crippen molar-refractivity contribution >= 4 is 5.78 Å². The smallest absolute Gasteiger partial charge is 0.155 e. The van der Waals surface area contributed by atoms with Gasteiger partial charge in [-0.25, -0.2) is 0 Å². The average Bonchev–Trinajstić information content (AvgIpc) is 3.07. The number of allylic oxidation sites excluding steroid dienone is 1. The van der Waals surface area contributed by atoms with Crippen LogP contribution in [0.3, 0.4) is 0 Å². The summed E-state index contributed by atoms with van der Waals surface area (Å²) < 4.78 is 0. The van der Waals surface area contributed by atoms with Crippen LogP contribution in [0.2, 0.25) is 0 Å². The van der Waals surface area contributed by atoms with E-state index in [1.807, 2.05) is 6.08 Å². The molecule has 0 bridgehead atoms. The van der Waals surface area contributed by atoms with Gasteiger partial charge >= 0.3 is 0 Å². The molecule has 174 valence electrons. The summed E-state index contributed by atoms with van der Waals surface area (Å²) in [5.41, 5.74) is 2.89. The van der Waals surface area contributed by atoms with Gasteiger partial charge in [-0.3, -0.25) is 4.79 Å².